The second-order valence-corrected chi connectivity index (χ2v) is 8.12. The predicted molar refractivity (Wildman–Crippen MR) is 118 cm³/mol. The van der Waals surface area contributed by atoms with Gasteiger partial charge in [0.2, 0.25) is 5.91 Å². The molecule has 0 heterocycles. The highest BCUT2D eigenvalue weighted by Gasteiger charge is 2.28. The van der Waals surface area contributed by atoms with Gasteiger partial charge in [-0.1, -0.05) is 87.4 Å². The molecular formula is C23H29N3OS. The molecule has 3 atom stereocenters. The van der Waals surface area contributed by atoms with Gasteiger partial charge in [0.15, 0.2) is 5.11 Å². The molecule has 0 radical (unpaired) electrons. The van der Waals surface area contributed by atoms with Gasteiger partial charge in [0.05, 0.1) is 5.92 Å². The molecule has 1 aliphatic carbocycles. The Labute approximate surface area is 173 Å². The van der Waals surface area contributed by atoms with E-state index < -0.39 is 5.92 Å². The minimum absolute atomic E-state index is 0.133. The summed E-state index contributed by atoms with van der Waals surface area (Å²) < 4.78 is 0. The summed E-state index contributed by atoms with van der Waals surface area (Å²) in [5, 5.41) is 3.85. The summed E-state index contributed by atoms with van der Waals surface area (Å²) in [4.78, 5) is 13.0. The second kappa shape index (κ2) is 9.69. The lowest BCUT2D eigenvalue weighted by molar-refractivity contribution is -0.122. The summed E-state index contributed by atoms with van der Waals surface area (Å²) in [5.74, 6) is 0.715. The van der Waals surface area contributed by atoms with Crippen LogP contribution in [-0.2, 0) is 4.79 Å². The lowest BCUT2D eigenvalue weighted by Gasteiger charge is -2.35. The van der Waals surface area contributed by atoms with Crippen LogP contribution in [0, 0.1) is 11.8 Å². The second-order valence-electron chi connectivity index (χ2n) is 7.72. The number of amides is 1. The van der Waals surface area contributed by atoms with Crippen molar-refractivity contribution in [1.29, 1.82) is 0 Å². The molecule has 0 saturated heterocycles. The zero-order valence-electron chi connectivity index (χ0n) is 16.5. The Morgan fingerprint density at radius 1 is 0.929 bits per heavy atom. The van der Waals surface area contributed by atoms with E-state index >= 15 is 0 Å². The molecule has 2 aromatic carbocycles. The Hall–Kier alpha value is -2.40. The van der Waals surface area contributed by atoms with Crippen molar-refractivity contribution >= 4 is 23.2 Å². The summed E-state index contributed by atoms with van der Waals surface area (Å²) in [7, 11) is 0. The average Bonchev–Trinajstić information content (AvgIpc) is 2.72. The molecule has 3 rings (SSSR count). The number of hydrogen-bond acceptors (Lipinski definition) is 2. The lowest BCUT2D eigenvalue weighted by atomic mass is 9.78. The average molecular weight is 396 g/mol. The van der Waals surface area contributed by atoms with E-state index in [0.29, 0.717) is 23.0 Å². The van der Waals surface area contributed by atoms with Crippen LogP contribution in [0.4, 0.5) is 0 Å². The first-order chi connectivity index (χ1) is 13.6. The van der Waals surface area contributed by atoms with Crippen molar-refractivity contribution in [3.05, 3.63) is 71.8 Å². The molecule has 0 aromatic heterocycles. The van der Waals surface area contributed by atoms with Crippen molar-refractivity contribution in [1.82, 2.24) is 16.2 Å². The topological polar surface area (TPSA) is 53.2 Å². The van der Waals surface area contributed by atoms with E-state index in [0.717, 1.165) is 17.5 Å². The fraction of sp³-hybridized carbons (Fsp3) is 0.391. The first kappa shape index (κ1) is 20.3. The third-order valence-corrected chi connectivity index (χ3v) is 6.07. The van der Waals surface area contributed by atoms with Gasteiger partial charge in [0, 0.05) is 6.04 Å². The molecule has 5 heteroatoms. The maximum Gasteiger partial charge on any atom is 0.250 e. The van der Waals surface area contributed by atoms with Crippen molar-refractivity contribution in [2.24, 2.45) is 11.8 Å². The van der Waals surface area contributed by atoms with Crippen LogP contribution in [0.5, 0.6) is 0 Å². The number of hydrazine groups is 1. The van der Waals surface area contributed by atoms with Gasteiger partial charge in [-0.15, -0.1) is 0 Å². The highest BCUT2D eigenvalue weighted by Crippen LogP contribution is 2.29. The van der Waals surface area contributed by atoms with Gasteiger partial charge in [0.25, 0.3) is 0 Å². The number of carbonyl (C=O) groups excluding carboxylic acids is 1. The number of rotatable bonds is 4. The summed E-state index contributed by atoms with van der Waals surface area (Å²) >= 11 is 5.43. The van der Waals surface area contributed by atoms with Crippen LogP contribution >= 0.6 is 12.2 Å². The first-order valence-corrected chi connectivity index (χ1v) is 10.4. The molecule has 148 valence electrons. The maximum absolute atomic E-state index is 13.0. The van der Waals surface area contributed by atoms with Crippen LogP contribution in [0.1, 0.15) is 50.2 Å². The lowest BCUT2D eigenvalue weighted by Crippen LogP contribution is -2.53. The van der Waals surface area contributed by atoms with E-state index in [4.69, 9.17) is 12.2 Å². The Balaban J connectivity index is 1.63. The van der Waals surface area contributed by atoms with E-state index in [9.17, 15) is 4.79 Å². The summed E-state index contributed by atoms with van der Waals surface area (Å²) in [6, 6.07) is 19.9. The van der Waals surface area contributed by atoms with Crippen molar-refractivity contribution in [2.45, 2.75) is 45.1 Å². The van der Waals surface area contributed by atoms with Gasteiger partial charge >= 0.3 is 0 Å². The van der Waals surface area contributed by atoms with Gasteiger partial charge < -0.3 is 5.32 Å². The zero-order valence-corrected chi connectivity index (χ0v) is 17.3. The summed E-state index contributed by atoms with van der Waals surface area (Å²) in [6.07, 6.45) is 3.59. The van der Waals surface area contributed by atoms with Gasteiger partial charge in [-0.05, 0) is 41.6 Å². The molecule has 0 spiro atoms. The molecule has 0 unspecified atom stereocenters. The molecule has 4 nitrogen and oxygen atoms in total. The van der Waals surface area contributed by atoms with Gasteiger partial charge in [-0.2, -0.15) is 0 Å². The SMILES string of the molecule is C[C@@H]1[C@@H](C)CCC[C@H]1NC(=S)NNC(=O)C(c1ccccc1)c1ccccc1. The van der Waals surface area contributed by atoms with Crippen molar-refractivity contribution in [2.75, 3.05) is 0 Å². The van der Waals surface area contributed by atoms with Crippen LogP contribution in [0.2, 0.25) is 0 Å². The van der Waals surface area contributed by atoms with Crippen LogP contribution in [0.3, 0.4) is 0 Å². The quantitative estimate of drug-likeness (QED) is 0.538. The summed E-state index contributed by atoms with van der Waals surface area (Å²) in [5.41, 5.74) is 7.60. The largest absolute Gasteiger partial charge is 0.358 e. The first-order valence-electron chi connectivity index (χ1n) is 10.0. The Morgan fingerprint density at radius 2 is 1.50 bits per heavy atom. The smallest absolute Gasteiger partial charge is 0.250 e. The number of benzene rings is 2. The molecule has 1 fully saturated rings. The molecule has 2 aromatic rings. The third kappa shape index (κ3) is 5.10. The minimum Gasteiger partial charge on any atom is -0.358 e. The normalized spacial score (nSPS) is 21.8. The van der Waals surface area contributed by atoms with E-state index in [1.165, 1.54) is 12.8 Å². The number of hydrogen-bond donors (Lipinski definition) is 3. The van der Waals surface area contributed by atoms with Crippen molar-refractivity contribution in [3.63, 3.8) is 0 Å². The van der Waals surface area contributed by atoms with Crippen molar-refractivity contribution < 1.29 is 4.79 Å². The fourth-order valence-corrected chi connectivity index (χ4v) is 4.17. The number of nitrogens with one attached hydrogen (secondary N) is 3. The molecule has 1 saturated carbocycles. The summed E-state index contributed by atoms with van der Waals surface area (Å²) in [6.45, 7) is 4.56. The molecular weight excluding hydrogens is 366 g/mol. The van der Waals surface area contributed by atoms with E-state index in [1.807, 2.05) is 60.7 Å². The Kier molecular flexibility index (Phi) is 7.04. The molecule has 0 bridgehead atoms. The van der Waals surface area contributed by atoms with E-state index in [-0.39, 0.29) is 5.91 Å². The number of thiocarbonyl (C=S) groups is 1. The Morgan fingerprint density at radius 3 is 2.07 bits per heavy atom. The highest BCUT2D eigenvalue weighted by atomic mass is 32.1. The molecule has 1 amide bonds. The van der Waals surface area contributed by atoms with E-state index in [2.05, 4.69) is 30.0 Å². The van der Waals surface area contributed by atoms with Crippen LogP contribution in [0.25, 0.3) is 0 Å². The molecule has 0 aliphatic heterocycles. The highest BCUT2D eigenvalue weighted by molar-refractivity contribution is 7.80. The minimum atomic E-state index is -0.397. The van der Waals surface area contributed by atoms with Gasteiger partial charge in [-0.3, -0.25) is 15.6 Å². The van der Waals surface area contributed by atoms with Crippen molar-refractivity contribution in [3.8, 4) is 0 Å². The van der Waals surface area contributed by atoms with Crippen LogP contribution in [0.15, 0.2) is 60.7 Å². The molecule has 3 N–H and O–H groups in total. The van der Waals surface area contributed by atoms with Crippen LogP contribution in [-0.4, -0.2) is 17.1 Å². The van der Waals surface area contributed by atoms with E-state index in [1.54, 1.807) is 0 Å². The maximum atomic E-state index is 13.0. The predicted octanol–water partition coefficient (Wildman–Crippen LogP) is 4.14. The standard InChI is InChI=1S/C23H29N3OS/c1-16-10-9-15-20(17(16)2)24-23(28)26-25-22(27)21(18-11-5-3-6-12-18)19-13-7-4-8-14-19/h3-8,11-14,16-17,20-21H,9-10,15H2,1-2H3,(H,25,27)(H2,24,26,28)/t16-,17+,20+/m0/s1. The monoisotopic (exact) mass is 395 g/mol. The van der Waals surface area contributed by atoms with Gasteiger partial charge in [0.1, 0.15) is 0 Å². The Bertz CT molecular complexity index is 741. The fourth-order valence-electron chi connectivity index (χ4n) is 3.97. The third-order valence-electron chi connectivity index (χ3n) is 5.85. The zero-order chi connectivity index (χ0) is 19.9. The molecule has 1 aliphatic rings. The van der Waals surface area contributed by atoms with Gasteiger partial charge in [-0.25, -0.2) is 0 Å². The molecule has 28 heavy (non-hydrogen) atoms. The van der Waals surface area contributed by atoms with Crippen LogP contribution < -0.4 is 16.2 Å². The number of carbonyl (C=O) groups is 1.